The summed E-state index contributed by atoms with van der Waals surface area (Å²) in [6, 6.07) is 0.747. The topological polar surface area (TPSA) is 64.0 Å². The van der Waals surface area contributed by atoms with E-state index in [9.17, 15) is 9.59 Å². The number of hydrogen-bond donors (Lipinski definition) is 1. The lowest BCUT2D eigenvalue weighted by atomic mass is 10.3. The van der Waals surface area contributed by atoms with Crippen molar-refractivity contribution >= 4 is 28.5 Å². The summed E-state index contributed by atoms with van der Waals surface area (Å²) in [5.74, 6) is 1.96. The molecule has 1 unspecified atom stereocenters. The summed E-state index contributed by atoms with van der Waals surface area (Å²) in [6.07, 6.45) is 6.54. The van der Waals surface area contributed by atoms with Crippen LogP contribution in [0.5, 0.6) is 0 Å². The first-order valence-corrected chi connectivity index (χ1v) is 5.59. The second kappa shape index (κ2) is 5.65. The number of nitrogens with one attached hydrogen (secondary N) is 1. The first kappa shape index (κ1) is 12.7. The van der Waals surface area contributed by atoms with Crippen molar-refractivity contribution in [2.24, 2.45) is 0 Å². The van der Waals surface area contributed by atoms with Crippen LogP contribution in [0.2, 0.25) is 0 Å². The largest absolute Gasteiger partial charge is 0.343 e. The summed E-state index contributed by atoms with van der Waals surface area (Å²) in [5.41, 5.74) is -0.310. The van der Waals surface area contributed by atoms with Gasteiger partial charge >= 0.3 is 0 Å². The number of hydrogen-bond acceptors (Lipinski definition) is 3. The predicted octanol–water partition coefficient (Wildman–Crippen LogP) is 0.158. The third-order valence-corrected chi connectivity index (χ3v) is 2.49. The van der Waals surface area contributed by atoms with Crippen molar-refractivity contribution in [3.05, 3.63) is 26.2 Å². The van der Waals surface area contributed by atoms with Crippen LogP contribution in [0, 0.1) is 15.9 Å². The minimum Gasteiger partial charge on any atom is -0.343 e. The van der Waals surface area contributed by atoms with E-state index in [4.69, 9.17) is 6.42 Å². The zero-order valence-corrected chi connectivity index (χ0v) is 10.8. The van der Waals surface area contributed by atoms with Gasteiger partial charge in [-0.05, 0) is 29.5 Å². The van der Waals surface area contributed by atoms with Crippen LogP contribution in [-0.4, -0.2) is 22.2 Å². The predicted molar refractivity (Wildman–Crippen MR) is 67.8 cm³/mol. The molecule has 0 saturated heterocycles. The second-order valence-corrected chi connectivity index (χ2v) is 4.30. The number of carbonyl (C=O) groups is 1. The van der Waals surface area contributed by atoms with Crippen LogP contribution in [0.4, 0.5) is 0 Å². The second-order valence-electron chi connectivity index (χ2n) is 3.05. The number of terminal acetylenes is 1. The molecule has 1 aromatic heterocycles. The highest BCUT2D eigenvalue weighted by Gasteiger charge is 2.16. The molecule has 0 radical (unpaired) electrons. The highest BCUT2D eigenvalue weighted by atomic mass is 127. The van der Waals surface area contributed by atoms with Gasteiger partial charge in [-0.2, -0.15) is 5.10 Å². The Bertz CT molecular complexity index is 490. The molecule has 0 spiro atoms. The maximum atomic E-state index is 11.5. The summed E-state index contributed by atoms with van der Waals surface area (Å²) in [5, 5.41) is 6.39. The third-order valence-electron chi connectivity index (χ3n) is 1.90. The molecule has 5 nitrogen and oxygen atoms in total. The van der Waals surface area contributed by atoms with Gasteiger partial charge in [-0.25, -0.2) is 4.68 Å². The molecule has 84 valence electrons. The molecule has 1 N–H and O–H groups in total. The number of halogens is 1. The molecule has 0 aliphatic rings. The number of aromatic nitrogens is 2. The minimum absolute atomic E-state index is 0.141. The average molecular weight is 331 g/mol. The van der Waals surface area contributed by atoms with Gasteiger partial charge in [-0.15, -0.1) is 6.42 Å². The molecule has 0 saturated carbocycles. The van der Waals surface area contributed by atoms with Gasteiger partial charge < -0.3 is 5.32 Å². The first-order valence-electron chi connectivity index (χ1n) is 4.52. The van der Waals surface area contributed by atoms with Gasteiger partial charge in [0.25, 0.3) is 5.56 Å². The Morgan fingerprint density at radius 3 is 3.06 bits per heavy atom. The zero-order chi connectivity index (χ0) is 12.1. The van der Waals surface area contributed by atoms with Crippen molar-refractivity contribution in [3.63, 3.8) is 0 Å². The van der Waals surface area contributed by atoms with Crippen LogP contribution in [0.3, 0.4) is 0 Å². The van der Waals surface area contributed by atoms with E-state index >= 15 is 0 Å². The normalized spacial score (nSPS) is 11.6. The Labute approximate surface area is 106 Å². The van der Waals surface area contributed by atoms with Gasteiger partial charge in [-0.1, -0.05) is 5.92 Å². The fourth-order valence-corrected chi connectivity index (χ4v) is 1.47. The van der Waals surface area contributed by atoms with Crippen LogP contribution in [0.1, 0.15) is 13.0 Å². The fraction of sp³-hybridized carbons (Fsp3) is 0.300. The molecule has 16 heavy (non-hydrogen) atoms. The fourth-order valence-electron chi connectivity index (χ4n) is 1.08. The van der Waals surface area contributed by atoms with E-state index in [2.05, 4.69) is 16.3 Å². The van der Waals surface area contributed by atoms with Gasteiger partial charge in [-0.3, -0.25) is 9.59 Å². The molecular formula is C10H10IN3O2. The molecule has 0 bridgehead atoms. The van der Waals surface area contributed by atoms with Crippen molar-refractivity contribution in [3.8, 4) is 12.3 Å². The van der Waals surface area contributed by atoms with Crippen molar-refractivity contribution < 1.29 is 4.79 Å². The smallest absolute Gasteiger partial charge is 0.268 e. The van der Waals surface area contributed by atoms with Gasteiger partial charge in [0.2, 0.25) is 5.91 Å². The summed E-state index contributed by atoms with van der Waals surface area (Å²) in [7, 11) is 0. The Morgan fingerprint density at radius 2 is 2.50 bits per heavy atom. The monoisotopic (exact) mass is 331 g/mol. The average Bonchev–Trinajstić information content (AvgIpc) is 2.25. The molecule has 1 heterocycles. The van der Waals surface area contributed by atoms with E-state index in [1.54, 1.807) is 6.92 Å². The van der Waals surface area contributed by atoms with Crippen LogP contribution in [0.15, 0.2) is 17.1 Å². The van der Waals surface area contributed by atoms with Gasteiger partial charge in [0.05, 0.1) is 12.7 Å². The quantitative estimate of drug-likeness (QED) is 0.634. The molecule has 1 amide bonds. The maximum Gasteiger partial charge on any atom is 0.268 e. The van der Waals surface area contributed by atoms with E-state index in [-0.39, 0.29) is 18.0 Å². The number of carbonyl (C=O) groups excluding carboxylic acids is 1. The minimum atomic E-state index is -0.669. The molecule has 6 heteroatoms. The standard InChI is InChI=1S/C10H10IN3O2/c1-3-4-12-10(16)7(2)14-9(15)5-8(11)6-13-14/h1,5-7H,4H2,2H3,(H,12,16). The molecule has 1 atom stereocenters. The maximum absolute atomic E-state index is 11.5. The summed E-state index contributed by atoms with van der Waals surface area (Å²) >= 11 is 1.98. The Hall–Kier alpha value is -1.36. The van der Waals surface area contributed by atoms with E-state index < -0.39 is 6.04 Å². The summed E-state index contributed by atoms with van der Waals surface area (Å²) < 4.78 is 1.85. The van der Waals surface area contributed by atoms with Crippen LogP contribution < -0.4 is 10.9 Å². The molecule has 1 aromatic rings. The lowest BCUT2D eigenvalue weighted by Crippen LogP contribution is -2.37. The van der Waals surface area contributed by atoms with E-state index in [0.717, 1.165) is 8.25 Å². The lowest BCUT2D eigenvalue weighted by Gasteiger charge is -2.12. The Kier molecular flexibility index (Phi) is 4.49. The molecule has 0 aliphatic carbocycles. The van der Waals surface area contributed by atoms with Gasteiger partial charge in [0, 0.05) is 9.64 Å². The first-order chi connectivity index (χ1) is 7.56. The molecule has 0 fully saturated rings. The molecule has 0 aromatic carbocycles. The molecule has 1 rings (SSSR count). The molecule has 0 aliphatic heterocycles. The van der Waals surface area contributed by atoms with Gasteiger partial charge in [0.1, 0.15) is 6.04 Å². The number of nitrogens with zero attached hydrogens (tertiary/aromatic N) is 2. The van der Waals surface area contributed by atoms with Crippen molar-refractivity contribution in [1.29, 1.82) is 0 Å². The molecular weight excluding hydrogens is 321 g/mol. The highest BCUT2D eigenvalue weighted by molar-refractivity contribution is 14.1. The Morgan fingerprint density at radius 1 is 1.81 bits per heavy atom. The van der Waals surface area contributed by atoms with E-state index in [0.29, 0.717) is 0 Å². The van der Waals surface area contributed by atoms with Crippen LogP contribution in [0.25, 0.3) is 0 Å². The number of rotatable bonds is 3. The Balaban J connectivity index is 2.89. The van der Waals surface area contributed by atoms with Gasteiger partial charge in [0.15, 0.2) is 0 Å². The third kappa shape index (κ3) is 3.06. The van der Waals surface area contributed by atoms with E-state index in [1.807, 2.05) is 22.6 Å². The number of amides is 1. The SMILES string of the molecule is C#CCNC(=O)C(C)n1ncc(I)cc1=O. The zero-order valence-electron chi connectivity index (χ0n) is 8.61. The summed E-state index contributed by atoms with van der Waals surface area (Å²) in [6.45, 7) is 1.73. The van der Waals surface area contributed by atoms with Crippen LogP contribution >= 0.6 is 22.6 Å². The summed E-state index contributed by atoms with van der Waals surface area (Å²) in [4.78, 5) is 23.1. The van der Waals surface area contributed by atoms with Crippen LogP contribution in [-0.2, 0) is 4.79 Å². The van der Waals surface area contributed by atoms with E-state index in [1.165, 1.54) is 12.3 Å². The van der Waals surface area contributed by atoms with Crippen molar-refractivity contribution in [1.82, 2.24) is 15.1 Å². The van der Waals surface area contributed by atoms with Crippen molar-refractivity contribution in [2.45, 2.75) is 13.0 Å². The lowest BCUT2D eigenvalue weighted by molar-refractivity contribution is -0.123. The highest BCUT2D eigenvalue weighted by Crippen LogP contribution is 2.02. The van der Waals surface area contributed by atoms with Crippen molar-refractivity contribution in [2.75, 3.05) is 6.54 Å².